The molecule has 0 saturated carbocycles. The Morgan fingerprint density at radius 3 is 2.06 bits per heavy atom. The Morgan fingerprint density at radius 1 is 0.912 bits per heavy atom. The molecule has 0 aliphatic heterocycles. The van der Waals surface area contributed by atoms with Crippen LogP contribution in [0, 0.1) is 11.6 Å². The molecule has 34 heavy (non-hydrogen) atoms. The smallest absolute Gasteiger partial charge is 0.326 e. The quantitative estimate of drug-likeness (QED) is 0.286. The number of hydrogen-bond donors (Lipinski definition) is 0. The minimum atomic E-state index is -0.788. The van der Waals surface area contributed by atoms with Gasteiger partial charge in [-0.25, -0.2) is 8.78 Å². The molecule has 0 fully saturated rings. The van der Waals surface area contributed by atoms with Crippen molar-refractivity contribution >= 4 is 17.4 Å². The lowest BCUT2D eigenvalue weighted by Crippen LogP contribution is -2.37. The van der Waals surface area contributed by atoms with Crippen molar-refractivity contribution in [3.05, 3.63) is 89.5 Å². The number of rotatable bonds is 7. The number of Topliss-reactive ketones (excluding diaryl/α,β-unsaturated/α-hetero) is 1. The Labute approximate surface area is 199 Å². The molecule has 0 bridgehead atoms. The van der Waals surface area contributed by atoms with Crippen molar-refractivity contribution in [2.45, 2.75) is 46.3 Å². The van der Waals surface area contributed by atoms with Crippen LogP contribution in [0.4, 0.5) is 14.5 Å². The topological polar surface area (TPSA) is 46.6 Å². The van der Waals surface area contributed by atoms with Crippen molar-refractivity contribution in [2.24, 2.45) is 0 Å². The molecule has 6 heteroatoms. The third-order valence-corrected chi connectivity index (χ3v) is 5.41. The fourth-order valence-corrected chi connectivity index (χ4v) is 3.79. The van der Waals surface area contributed by atoms with Crippen LogP contribution in [0.3, 0.4) is 0 Å². The lowest BCUT2D eigenvalue weighted by molar-refractivity contribution is -0.153. The average Bonchev–Trinajstić information content (AvgIpc) is 2.76. The molecule has 0 spiro atoms. The highest BCUT2D eigenvalue weighted by Crippen LogP contribution is 2.33. The van der Waals surface area contributed by atoms with Gasteiger partial charge in [-0.1, -0.05) is 42.5 Å². The zero-order valence-electron chi connectivity index (χ0n) is 20.1. The molecule has 0 amide bonds. The molecular weight excluding hydrogens is 436 g/mol. The van der Waals surface area contributed by atoms with E-state index < -0.39 is 29.2 Å². The molecule has 0 aromatic heterocycles. The van der Waals surface area contributed by atoms with Crippen LogP contribution in [0.15, 0.2) is 66.7 Å². The zero-order valence-corrected chi connectivity index (χ0v) is 20.1. The van der Waals surface area contributed by atoms with Crippen molar-refractivity contribution < 1.29 is 23.1 Å². The first-order valence-corrected chi connectivity index (χ1v) is 11.1. The van der Waals surface area contributed by atoms with E-state index in [2.05, 4.69) is 0 Å². The van der Waals surface area contributed by atoms with E-state index >= 15 is 0 Å². The summed E-state index contributed by atoms with van der Waals surface area (Å²) in [5, 5.41) is 0. The molecule has 3 aromatic carbocycles. The summed E-state index contributed by atoms with van der Waals surface area (Å²) in [6.07, 6.45) is 0. The molecule has 1 unspecified atom stereocenters. The SMILES string of the molecule is CC(=O)c1ccc(-c2cccc(N(CC(=O)OC(C)(C)C)C(C)c3c(F)cccc3F)c2)cc1. The van der Waals surface area contributed by atoms with Gasteiger partial charge in [-0.05, 0) is 70.0 Å². The van der Waals surface area contributed by atoms with Crippen molar-refractivity contribution in [3.63, 3.8) is 0 Å². The predicted octanol–water partition coefficient (Wildman–Crippen LogP) is 6.74. The summed E-state index contributed by atoms with van der Waals surface area (Å²) in [7, 11) is 0. The second-order valence-electron chi connectivity index (χ2n) is 9.21. The summed E-state index contributed by atoms with van der Waals surface area (Å²) in [5.74, 6) is -1.90. The molecule has 1 atom stereocenters. The van der Waals surface area contributed by atoms with Gasteiger partial charge in [-0.3, -0.25) is 9.59 Å². The number of nitrogens with zero attached hydrogens (tertiary/aromatic N) is 1. The lowest BCUT2D eigenvalue weighted by Gasteiger charge is -2.32. The van der Waals surface area contributed by atoms with Crippen LogP contribution in [0.5, 0.6) is 0 Å². The number of halogens is 2. The van der Waals surface area contributed by atoms with E-state index in [4.69, 9.17) is 4.74 Å². The molecule has 0 N–H and O–H groups in total. The van der Waals surface area contributed by atoms with Gasteiger partial charge in [0, 0.05) is 16.8 Å². The molecule has 178 valence electrons. The zero-order chi connectivity index (χ0) is 25.0. The van der Waals surface area contributed by atoms with Crippen LogP contribution in [0.2, 0.25) is 0 Å². The normalized spacial score (nSPS) is 12.2. The van der Waals surface area contributed by atoms with Crippen LogP contribution in [0.25, 0.3) is 11.1 Å². The first-order valence-electron chi connectivity index (χ1n) is 11.1. The van der Waals surface area contributed by atoms with E-state index in [1.54, 1.807) is 50.8 Å². The van der Waals surface area contributed by atoms with Gasteiger partial charge in [-0.15, -0.1) is 0 Å². The van der Waals surface area contributed by atoms with Gasteiger partial charge in [0.15, 0.2) is 5.78 Å². The van der Waals surface area contributed by atoms with Crippen molar-refractivity contribution in [2.75, 3.05) is 11.4 Å². The highest BCUT2D eigenvalue weighted by atomic mass is 19.1. The molecule has 0 saturated heterocycles. The van der Waals surface area contributed by atoms with Crippen molar-refractivity contribution in [3.8, 4) is 11.1 Å². The van der Waals surface area contributed by atoms with E-state index in [0.29, 0.717) is 11.3 Å². The fourth-order valence-electron chi connectivity index (χ4n) is 3.79. The minimum absolute atomic E-state index is 0.0235. The van der Waals surface area contributed by atoms with Gasteiger partial charge < -0.3 is 9.64 Å². The van der Waals surface area contributed by atoms with Gasteiger partial charge in [0.1, 0.15) is 23.8 Å². The molecule has 0 heterocycles. The predicted molar refractivity (Wildman–Crippen MR) is 130 cm³/mol. The molecule has 0 aliphatic rings. The van der Waals surface area contributed by atoms with Crippen LogP contribution >= 0.6 is 0 Å². The lowest BCUT2D eigenvalue weighted by atomic mass is 10.0. The number of benzene rings is 3. The van der Waals surface area contributed by atoms with Crippen LogP contribution in [-0.4, -0.2) is 23.9 Å². The van der Waals surface area contributed by atoms with Gasteiger partial charge in [0.05, 0.1) is 6.04 Å². The summed E-state index contributed by atoms with van der Waals surface area (Å²) in [6, 6.07) is 17.5. The van der Waals surface area contributed by atoms with E-state index in [1.807, 2.05) is 30.3 Å². The number of anilines is 1. The van der Waals surface area contributed by atoms with Crippen LogP contribution in [-0.2, 0) is 9.53 Å². The summed E-state index contributed by atoms with van der Waals surface area (Å²) >= 11 is 0. The van der Waals surface area contributed by atoms with Crippen molar-refractivity contribution in [1.29, 1.82) is 0 Å². The first kappa shape index (κ1) is 25.1. The summed E-state index contributed by atoms with van der Waals surface area (Å²) < 4.78 is 34.7. The largest absolute Gasteiger partial charge is 0.459 e. The van der Waals surface area contributed by atoms with E-state index in [9.17, 15) is 18.4 Å². The minimum Gasteiger partial charge on any atom is -0.459 e. The molecule has 4 nitrogen and oxygen atoms in total. The molecule has 3 aromatic rings. The highest BCUT2D eigenvalue weighted by Gasteiger charge is 2.27. The second kappa shape index (κ2) is 10.2. The van der Waals surface area contributed by atoms with E-state index in [-0.39, 0.29) is 17.9 Å². The van der Waals surface area contributed by atoms with E-state index in [0.717, 1.165) is 11.1 Å². The number of ketones is 1. The van der Waals surface area contributed by atoms with Crippen LogP contribution < -0.4 is 4.90 Å². The Morgan fingerprint density at radius 2 is 1.50 bits per heavy atom. The first-order chi connectivity index (χ1) is 16.0. The Kier molecular flexibility index (Phi) is 7.50. The molecular formula is C28H29F2NO3. The standard InChI is InChI=1S/C28H29F2NO3/c1-18(27-24(29)10-7-11-25(27)30)31(17-26(33)34-28(3,4)5)23-9-6-8-22(16-23)21-14-12-20(13-15-21)19(2)32/h6-16,18H,17H2,1-5H3. The Hall–Kier alpha value is -3.54. The summed E-state index contributed by atoms with van der Waals surface area (Å²) in [4.78, 5) is 25.9. The van der Waals surface area contributed by atoms with Crippen molar-refractivity contribution in [1.82, 2.24) is 0 Å². The maximum Gasteiger partial charge on any atom is 0.326 e. The maximum absolute atomic E-state index is 14.6. The van der Waals surface area contributed by atoms with Gasteiger partial charge in [0.2, 0.25) is 0 Å². The summed E-state index contributed by atoms with van der Waals surface area (Å²) in [6.45, 7) is 8.26. The van der Waals surface area contributed by atoms with Gasteiger partial charge in [0.25, 0.3) is 0 Å². The second-order valence-corrected chi connectivity index (χ2v) is 9.21. The monoisotopic (exact) mass is 465 g/mol. The van der Waals surface area contributed by atoms with E-state index in [1.165, 1.54) is 25.1 Å². The van der Waals surface area contributed by atoms with Crippen LogP contribution in [0.1, 0.15) is 56.6 Å². The Balaban J connectivity index is 2.03. The number of carbonyl (C=O) groups excluding carboxylic acids is 2. The maximum atomic E-state index is 14.6. The number of hydrogen-bond acceptors (Lipinski definition) is 4. The number of carbonyl (C=O) groups is 2. The van der Waals surface area contributed by atoms with Gasteiger partial charge in [-0.2, -0.15) is 0 Å². The van der Waals surface area contributed by atoms with Gasteiger partial charge >= 0.3 is 5.97 Å². The third-order valence-electron chi connectivity index (χ3n) is 5.41. The fraction of sp³-hybridized carbons (Fsp3) is 0.286. The highest BCUT2D eigenvalue weighted by molar-refractivity contribution is 5.94. The number of esters is 1. The molecule has 3 rings (SSSR count). The molecule has 0 aliphatic carbocycles. The molecule has 0 radical (unpaired) electrons. The summed E-state index contributed by atoms with van der Waals surface area (Å²) in [5.41, 5.74) is 2.10. The number of ether oxygens (including phenoxy) is 1. The average molecular weight is 466 g/mol. The third kappa shape index (κ3) is 6.07. The Bertz CT molecular complexity index is 1160.